The van der Waals surface area contributed by atoms with Crippen LogP contribution in [0.3, 0.4) is 0 Å². The SMILES string of the molecule is CC(=O)Oc1cc(=O)c2ccc(C(F)(F)F)cc2[nH]1. The van der Waals surface area contributed by atoms with E-state index in [1.165, 1.54) is 0 Å². The van der Waals surface area contributed by atoms with Gasteiger partial charge in [0.05, 0.1) is 11.1 Å². The first-order chi connectivity index (χ1) is 8.77. The fraction of sp³-hybridized carbons (Fsp3) is 0.167. The number of aromatic nitrogens is 1. The van der Waals surface area contributed by atoms with Gasteiger partial charge in [-0.15, -0.1) is 0 Å². The molecule has 0 aliphatic carbocycles. The molecule has 19 heavy (non-hydrogen) atoms. The topological polar surface area (TPSA) is 59.2 Å². The Kier molecular flexibility index (Phi) is 3.05. The zero-order valence-electron chi connectivity index (χ0n) is 9.67. The summed E-state index contributed by atoms with van der Waals surface area (Å²) in [6.45, 7) is 1.12. The molecule has 7 heteroatoms. The second-order valence-corrected chi connectivity index (χ2v) is 3.85. The summed E-state index contributed by atoms with van der Waals surface area (Å²) in [6.07, 6.45) is -4.51. The third-order valence-corrected chi connectivity index (χ3v) is 2.39. The molecule has 0 aliphatic rings. The Balaban J connectivity index is 2.63. The zero-order chi connectivity index (χ0) is 14.2. The molecule has 4 nitrogen and oxygen atoms in total. The number of carbonyl (C=O) groups excluding carboxylic acids is 1. The number of nitrogens with one attached hydrogen (secondary N) is 1. The predicted octanol–water partition coefficient (Wildman–Crippen LogP) is 2.47. The predicted molar refractivity (Wildman–Crippen MR) is 60.9 cm³/mol. The van der Waals surface area contributed by atoms with Crippen LogP contribution in [0, 0.1) is 0 Å². The molecule has 0 fully saturated rings. The first-order valence-corrected chi connectivity index (χ1v) is 5.20. The van der Waals surface area contributed by atoms with Gasteiger partial charge in [0, 0.05) is 18.4 Å². The third-order valence-electron chi connectivity index (χ3n) is 2.39. The lowest BCUT2D eigenvalue weighted by Gasteiger charge is -2.08. The summed E-state index contributed by atoms with van der Waals surface area (Å²) in [6, 6.07) is 3.71. The van der Waals surface area contributed by atoms with Crippen molar-refractivity contribution in [2.75, 3.05) is 0 Å². The van der Waals surface area contributed by atoms with Gasteiger partial charge in [-0.3, -0.25) is 9.59 Å². The Morgan fingerprint density at radius 3 is 2.53 bits per heavy atom. The monoisotopic (exact) mass is 271 g/mol. The van der Waals surface area contributed by atoms with Crippen LogP contribution >= 0.6 is 0 Å². The maximum atomic E-state index is 12.5. The molecule has 2 aromatic rings. The number of pyridine rings is 1. The number of benzene rings is 1. The number of carbonyl (C=O) groups is 1. The fourth-order valence-corrected chi connectivity index (χ4v) is 1.61. The van der Waals surface area contributed by atoms with Crippen molar-refractivity contribution < 1.29 is 22.7 Å². The summed E-state index contributed by atoms with van der Waals surface area (Å²) in [5, 5.41) is 0.0869. The number of hydrogen-bond donors (Lipinski definition) is 1. The van der Waals surface area contributed by atoms with Crippen molar-refractivity contribution in [3.8, 4) is 5.88 Å². The lowest BCUT2D eigenvalue weighted by molar-refractivity contribution is -0.137. The van der Waals surface area contributed by atoms with Gasteiger partial charge in [-0.1, -0.05) is 0 Å². The van der Waals surface area contributed by atoms with Crippen LogP contribution in [-0.4, -0.2) is 11.0 Å². The molecule has 0 saturated heterocycles. The maximum absolute atomic E-state index is 12.5. The number of esters is 1. The van der Waals surface area contributed by atoms with Crippen LogP contribution in [0.15, 0.2) is 29.1 Å². The van der Waals surface area contributed by atoms with E-state index >= 15 is 0 Å². The highest BCUT2D eigenvalue weighted by Gasteiger charge is 2.30. The molecule has 0 saturated carbocycles. The number of alkyl halides is 3. The van der Waals surface area contributed by atoms with Crippen molar-refractivity contribution in [2.45, 2.75) is 13.1 Å². The van der Waals surface area contributed by atoms with Gasteiger partial charge in [0.25, 0.3) is 0 Å². The van der Waals surface area contributed by atoms with E-state index in [1.54, 1.807) is 0 Å². The summed E-state index contributed by atoms with van der Waals surface area (Å²) < 4.78 is 42.3. The fourth-order valence-electron chi connectivity index (χ4n) is 1.61. The van der Waals surface area contributed by atoms with Gasteiger partial charge >= 0.3 is 12.1 Å². The number of halogens is 3. The van der Waals surface area contributed by atoms with Crippen molar-refractivity contribution in [3.63, 3.8) is 0 Å². The summed E-state index contributed by atoms with van der Waals surface area (Å²) in [5.74, 6) is -0.869. The van der Waals surface area contributed by atoms with E-state index in [-0.39, 0.29) is 16.8 Å². The van der Waals surface area contributed by atoms with E-state index in [2.05, 4.69) is 9.72 Å². The largest absolute Gasteiger partial charge is 0.416 e. The Morgan fingerprint density at radius 2 is 1.95 bits per heavy atom. The second-order valence-electron chi connectivity index (χ2n) is 3.85. The second kappa shape index (κ2) is 4.42. The minimum Gasteiger partial charge on any atom is -0.410 e. The van der Waals surface area contributed by atoms with Crippen LogP contribution in [0.4, 0.5) is 13.2 Å². The Bertz CT molecular complexity index is 703. The van der Waals surface area contributed by atoms with E-state index in [0.717, 1.165) is 31.2 Å². The number of rotatable bonds is 1. The molecule has 100 valence electrons. The molecule has 0 unspecified atom stereocenters. The standard InChI is InChI=1S/C12H8F3NO3/c1-6(17)19-11-5-10(18)8-3-2-7(12(13,14)15)4-9(8)16-11/h2-5H,1H3,(H,16,18). The van der Waals surface area contributed by atoms with E-state index in [4.69, 9.17) is 0 Å². The van der Waals surface area contributed by atoms with Gasteiger partial charge in [0.15, 0.2) is 5.43 Å². The molecule has 0 aliphatic heterocycles. The van der Waals surface area contributed by atoms with E-state index in [0.29, 0.717) is 0 Å². The molecule has 0 bridgehead atoms. The lowest BCUT2D eigenvalue weighted by atomic mass is 10.1. The number of hydrogen-bond acceptors (Lipinski definition) is 3. The smallest absolute Gasteiger partial charge is 0.410 e. The van der Waals surface area contributed by atoms with Crippen molar-refractivity contribution >= 4 is 16.9 Å². The van der Waals surface area contributed by atoms with E-state index < -0.39 is 23.1 Å². The van der Waals surface area contributed by atoms with Crippen molar-refractivity contribution in [1.82, 2.24) is 4.98 Å². The van der Waals surface area contributed by atoms with Gasteiger partial charge in [-0.2, -0.15) is 13.2 Å². The summed E-state index contributed by atoms with van der Waals surface area (Å²) in [5.41, 5.74) is -1.46. The Morgan fingerprint density at radius 1 is 1.26 bits per heavy atom. The van der Waals surface area contributed by atoms with Gasteiger partial charge < -0.3 is 9.72 Å². The van der Waals surface area contributed by atoms with Crippen LogP contribution in [0.2, 0.25) is 0 Å². The van der Waals surface area contributed by atoms with Gasteiger partial charge in [0.1, 0.15) is 0 Å². The molecule has 1 aromatic heterocycles. The van der Waals surface area contributed by atoms with Gasteiger partial charge in [-0.05, 0) is 18.2 Å². The van der Waals surface area contributed by atoms with Crippen LogP contribution < -0.4 is 10.2 Å². The average Bonchev–Trinajstić information content (AvgIpc) is 2.26. The lowest BCUT2D eigenvalue weighted by Crippen LogP contribution is -2.10. The average molecular weight is 271 g/mol. The maximum Gasteiger partial charge on any atom is 0.416 e. The van der Waals surface area contributed by atoms with Crippen molar-refractivity contribution in [3.05, 3.63) is 40.1 Å². The first kappa shape index (κ1) is 13.1. The molecule has 1 aromatic carbocycles. The van der Waals surface area contributed by atoms with E-state index in [9.17, 15) is 22.8 Å². The van der Waals surface area contributed by atoms with Gasteiger partial charge in [0.2, 0.25) is 5.88 Å². The van der Waals surface area contributed by atoms with Crippen molar-refractivity contribution in [1.29, 1.82) is 0 Å². The quantitative estimate of drug-likeness (QED) is 0.810. The number of H-pyrrole nitrogens is 1. The zero-order valence-corrected chi connectivity index (χ0v) is 9.67. The molecular weight excluding hydrogens is 263 g/mol. The molecule has 0 amide bonds. The van der Waals surface area contributed by atoms with Crippen LogP contribution in [0.5, 0.6) is 5.88 Å². The normalized spacial score (nSPS) is 11.6. The van der Waals surface area contributed by atoms with Crippen LogP contribution in [0.1, 0.15) is 12.5 Å². The Labute approximate surface area is 104 Å². The first-order valence-electron chi connectivity index (χ1n) is 5.20. The minimum absolute atomic E-state index is 0.0430. The highest BCUT2D eigenvalue weighted by atomic mass is 19.4. The van der Waals surface area contributed by atoms with E-state index in [1.807, 2.05) is 0 Å². The molecule has 0 spiro atoms. The molecule has 2 rings (SSSR count). The number of ether oxygens (including phenoxy) is 1. The molecule has 0 radical (unpaired) electrons. The van der Waals surface area contributed by atoms with Crippen molar-refractivity contribution in [2.24, 2.45) is 0 Å². The summed E-state index contributed by atoms with van der Waals surface area (Å²) >= 11 is 0. The summed E-state index contributed by atoms with van der Waals surface area (Å²) in [7, 11) is 0. The van der Waals surface area contributed by atoms with Gasteiger partial charge in [-0.25, -0.2) is 0 Å². The number of fused-ring (bicyclic) bond motifs is 1. The molecule has 1 N–H and O–H groups in total. The highest BCUT2D eigenvalue weighted by molar-refractivity contribution is 5.80. The highest BCUT2D eigenvalue weighted by Crippen LogP contribution is 2.30. The molecule has 0 atom stereocenters. The van der Waals surface area contributed by atoms with Crippen LogP contribution in [0.25, 0.3) is 10.9 Å². The number of aromatic amines is 1. The van der Waals surface area contributed by atoms with Crippen LogP contribution in [-0.2, 0) is 11.0 Å². The summed E-state index contributed by atoms with van der Waals surface area (Å²) in [4.78, 5) is 24.9. The third kappa shape index (κ3) is 2.75. The minimum atomic E-state index is -4.51. The molecule has 1 heterocycles. The molecular formula is C12H8F3NO3. The Hall–Kier alpha value is -2.31.